The predicted octanol–water partition coefficient (Wildman–Crippen LogP) is 1.93. The first-order valence-corrected chi connectivity index (χ1v) is 6.02. The Morgan fingerprint density at radius 3 is 2.28 bits per heavy atom. The molecule has 0 saturated carbocycles. The van der Waals surface area contributed by atoms with E-state index in [1.807, 2.05) is 24.3 Å². The van der Waals surface area contributed by atoms with Gasteiger partial charge in [-0.15, -0.1) is 0 Å². The van der Waals surface area contributed by atoms with E-state index in [0.29, 0.717) is 39.6 Å². The Hall–Kier alpha value is -1.10. The number of hydrogen-bond acceptors (Lipinski definition) is 4. The van der Waals surface area contributed by atoms with E-state index in [2.05, 4.69) is 6.92 Å². The second-order valence-electron chi connectivity index (χ2n) is 3.71. The van der Waals surface area contributed by atoms with Gasteiger partial charge >= 0.3 is 0 Å². The third kappa shape index (κ3) is 7.27. The van der Waals surface area contributed by atoms with Gasteiger partial charge in [-0.25, -0.2) is 0 Å². The maximum Gasteiger partial charge on any atom is 0.119 e. The summed E-state index contributed by atoms with van der Waals surface area (Å²) >= 11 is 0. The van der Waals surface area contributed by atoms with Crippen LogP contribution in [0.3, 0.4) is 0 Å². The summed E-state index contributed by atoms with van der Waals surface area (Å²) in [6.07, 6.45) is 0. The molecule has 1 radical (unpaired) electrons. The first-order chi connectivity index (χ1) is 8.83. The standard InChI is InChI=1S/C14H21O4/c1-13-4-3-5-14(12-13)18-11-10-17-9-8-16-7-6-15-2/h3-5,12H,1,6-11H2,2H3. The summed E-state index contributed by atoms with van der Waals surface area (Å²) in [5.41, 5.74) is 0.944. The van der Waals surface area contributed by atoms with Gasteiger partial charge in [-0.05, 0) is 24.6 Å². The fourth-order valence-corrected chi connectivity index (χ4v) is 1.32. The van der Waals surface area contributed by atoms with Gasteiger partial charge in [0.15, 0.2) is 0 Å². The summed E-state index contributed by atoms with van der Waals surface area (Å²) in [5, 5.41) is 0. The minimum absolute atomic E-state index is 0.529. The lowest BCUT2D eigenvalue weighted by molar-refractivity contribution is 0.0180. The first-order valence-electron chi connectivity index (χ1n) is 6.02. The summed E-state index contributed by atoms with van der Waals surface area (Å²) in [7, 11) is 1.65. The Kier molecular flexibility index (Phi) is 8.21. The number of hydrogen-bond donors (Lipinski definition) is 0. The van der Waals surface area contributed by atoms with Gasteiger partial charge in [-0.2, -0.15) is 0 Å². The fraction of sp³-hybridized carbons (Fsp3) is 0.500. The maximum atomic E-state index is 5.51. The molecule has 0 saturated heterocycles. The van der Waals surface area contributed by atoms with Gasteiger partial charge in [-0.3, -0.25) is 0 Å². The van der Waals surface area contributed by atoms with Crippen molar-refractivity contribution in [3.8, 4) is 5.75 Å². The number of methoxy groups -OCH3 is 1. The van der Waals surface area contributed by atoms with Crippen LogP contribution in [0.25, 0.3) is 0 Å². The second-order valence-corrected chi connectivity index (χ2v) is 3.71. The van der Waals surface area contributed by atoms with Crippen LogP contribution in [0.4, 0.5) is 0 Å². The van der Waals surface area contributed by atoms with Crippen LogP contribution in [0, 0.1) is 6.92 Å². The SMILES string of the molecule is [CH2]c1cccc(OCCOCCOCCOC)c1. The second kappa shape index (κ2) is 9.88. The van der Waals surface area contributed by atoms with Gasteiger partial charge in [0, 0.05) is 7.11 Å². The molecule has 0 atom stereocenters. The molecule has 4 heteroatoms. The topological polar surface area (TPSA) is 36.9 Å². The van der Waals surface area contributed by atoms with Crippen molar-refractivity contribution in [3.63, 3.8) is 0 Å². The van der Waals surface area contributed by atoms with E-state index < -0.39 is 0 Å². The van der Waals surface area contributed by atoms with Crippen molar-refractivity contribution in [2.24, 2.45) is 0 Å². The third-order valence-electron chi connectivity index (χ3n) is 2.20. The van der Waals surface area contributed by atoms with E-state index in [4.69, 9.17) is 18.9 Å². The zero-order chi connectivity index (χ0) is 13.1. The molecule has 1 aromatic rings. The molecule has 101 valence electrons. The Labute approximate surface area is 109 Å². The molecule has 0 heterocycles. The zero-order valence-electron chi connectivity index (χ0n) is 10.9. The van der Waals surface area contributed by atoms with Gasteiger partial charge in [-0.1, -0.05) is 12.1 Å². The number of ether oxygens (including phenoxy) is 4. The molecule has 0 unspecified atom stereocenters. The molecule has 1 rings (SSSR count). The van der Waals surface area contributed by atoms with Crippen molar-refractivity contribution in [3.05, 3.63) is 36.8 Å². The molecule has 1 aromatic carbocycles. The minimum Gasteiger partial charge on any atom is -0.491 e. The predicted molar refractivity (Wildman–Crippen MR) is 69.9 cm³/mol. The normalized spacial score (nSPS) is 10.6. The van der Waals surface area contributed by atoms with Gasteiger partial charge in [0.05, 0.1) is 33.0 Å². The highest BCUT2D eigenvalue weighted by Crippen LogP contribution is 2.11. The van der Waals surface area contributed by atoms with Gasteiger partial charge in [0.25, 0.3) is 0 Å². The molecule has 0 aliphatic heterocycles. The lowest BCUT2D eigenvalue weighted by Crippen LogP contribution is -2.12. The van der Waals surface area contributed by atoms with Gasteiger partial charge in [0.2, 0.25) is 0 Å². The molecular weight excluding hydrogens is 232 g/mol. The summed E-state index contributed by atoms with van der Waals surface area (Å²) in [5.74, 6) is 0.822. The molecule has 0 amide bonds. The molecule has 0 aromatic heterocycles. The third-order valence-corrected chi connectivity index (χ3v) is 2.20. The van der Waals surface area contributed by atoms with E-state index in [0.717, 1.165) is 11.3 Å². The summed E-state index contributed by atoms with van der Waals surface area (Å²) in [6, 6.07) is 7.65. The van der Waals surface area contributed by atoms with Crippen LogP contribution in [0.5, 0.6) is 5.75 Å². The first kappa shape index (κ1) is 15.0. The van der Waals surface area contributed by atoms with Crippen molar-refractivity contribution in [2.45, 2.75) is 0 Å². The van der Waals surface area contributed by atoms with E-state index in [1.165, 1.54) is 0 Å². The van der Waals surface area contributed by atoms with E-state index in [9.17, 15) is 0 Å². The van der Waals surface area contributed by atoms with Gasteiger partial charge < -0.3 is 18.9 Å². The molecule has 0 bridgehead atoms. The van der Waals surface area contributed by atoms with Crippen molar-refractivity contribution < 1.29 is 18.9 Å². The van der Waals surface area contributed by atoms with E-state index >= 15 is 0 Å². The smallest absolute Gasteiger partial charge is 0.119 e. The summed E-state index contributed by atoms with van der Waals surface area (Å²) in [4.78, 5) is 0. The highest BCUT2D eigenvalue weighted by Gasteiger charge is 1.94. The van der Waals surface area contributed by atoms with Crippen LogP contribution in [0.2, 0.25) is 0 Å². The molecular formula is C14H21O4. The van der Waals surface area contributed by atoms with Crippen molar-refractivity contribution in [1.82, 2.24) is 0 Å². The van der Waals surface area contributed by atoms with Crippen molar-refractivity contribution >= 4 is 0 Å². The summed E-state index contributed by atoms with van der Waals surface area (Å²) in [6.45, 7) is 7.29. The molecule has 0 fully saturated rings. The number of rotatable bonds is 10. The molecule has 0 N–H and O–H groups in total. The quantitative estimate of drug-likeness (QED) is 0.597. The Balaban J connectivity index is 1.92. The molecule has 0 aliphatic rings. The van der Waals surface area contributed by atoms with Crippen LogP contribution in [0.1, 0.15) is 5.56 Å². The molecule has 0 spiro atoms. The summed E-state index contributed by atoms with van der Waals surface area (Å²) < 4.78 is 21.0. The van der Waals surface area contributed by atoms with E-state index in [-0.39, 0.29) is 0 Å². The maximum absolute atomic E-state index is 5.51. The highest BCUT2D eigenvalue weighted by molar-refractivity contribution is 5.29. The Morgan fingerprint density at radius 1 is 0.944 bits per heavy atom. The Bertz CT molecular complexity index is 314. The zero-order valence-corrected chi connectivity index (χ0v) is 10.9. The number of benzene rings is 1. The van der Waals surface area contributed by atoms with Crippen LogP contribution >= 0.6 is 0 Å². The lowest BCUT2D eigenvalue weighted by Gasteiger charge is -2.08. The molecule has 18 heavy (non-hydrogen) atoms. The Morgan fingerprint density at radius 2 is 1.61 bits per heavy atom. The van der Waals surface area contributed by atoms with Crippen molar-refractivity contribution in [1.29, 1.82) is 0 Å². The van der Waals surface area contributed by atoms with Crippen LogP contribution in [0.15, 0.2) is 24.3 Å². The van der Waals surface area contributed by atoms with Crippen molar-refractivity contribution in [2.75, 3.05) is 46.8 Å². The van der Waals surface area contributed by atoms with Gasteiger partial charge in [0.1, 0.15) is 12.4 Å². The van der Waals surface area contributed by atoms with Crippen LogP contribution < -0.4 is 4.74 Å². The molecule has 0 aliphatic carbocycles. The average molecular weight is 253 g/mol. The van der Waals surface area contributed by atoms with Crippen LogP contribution in [-0.2, 0) is 14.2 Å². The average Bonchev–Trinajstić information content (AvgIpc) is 2.37. The minimum atomic E-state index is 0.529. The molecule has 4 nitrogen and oxygen atoms in total. The monoisotopic (exact) mass is 253 g/mol. The lowest BCUT2D eigenvalue weighted by atomic mass is 10.2. The highest BCUT2D eigenvalue weighted by atomic mass is 16.6. The van der Waals surface area contributed by atoms with E-state index in [1.54, 1.807) is 7.11 Å². The largest absolute Gasteiger partial charge is 0.491 e. The fourth-order valence-electron chi connectivity index (χ4n) is 1.32. The van der Waals surface area contributed by atoms with Crippen LogP contribution in [-0.4, -0.2) is 46.8 Å².